The predicted molar refractivity (Wildman–Crippen MR) is 126 cm³/mol. The second-order valence-electron chi connectivity index (χ2n) is 8.34. The number of carbonyl (C=O) groups is 4. The summed E-state index contributed by atoms with van der Waals surface area (Å²) in [5, 5.41) is 0. The van der Waals surface area contributed by atoms with Crippen LogP contribution in [0, 0.1) is 5.92 Å². The van der Waals surface area contributed by atoms with E-state index < -0.39 is 23.7 Å². The number of benzene rings is 3. The Kier molecular flexibility index (Phi) is 5.45. The predicted octanol–water partition coefficient (Wildman–Crippen LogP) is 4.01. The molecule has 7 heteroatoms. The lowest BCUT2D eigenvalue weighted by molar-refractivity contribution is -0.139. The van der Waals surface area contributed by atoms with Crippen LogP contribution in [0.3, 0.4) is 0 Å². The Hall–Kier alpha value is -4.26. The van der Waals surface area contributed by atoms with Crippen molar-refractivity contribution in [2.45, 2.75) is 19.8 Å². The molecule has 3 aromatic carbocycles. The molecule has 7 nitrogen and oxygen atoms in total. The van der Waals surface area contributed by atoms with Crippen LogP contribution in [0.15, 0.2) is 72.8 Å². The van der Waals surface area contributed by atoms with E-state index in [1.165, 1.54) is 11.6 Å². The highest BCUT2D eigenvalue weighted by Crippen LogP contribution is 2.31. The number of ether oxygens (including phenoxy) is 1. The van der Waals surface area contributed by atoms with Crippen LogP contribution >= 0.6 is 0 Å². The molecule has 0 spiro atoms. The molecule has 0 N–H and O–H groups in total. The molecule has 5 rings (SSSR count). The summed E-state index contributed by atoms with van der Waals surface area (Å²) in [7, 11) is 0. The van der Waals surface area contributed by atoms with Crippen molar-refractivity contribution in [3.63, 3.8) is 0 Å². The van der Waals surface area contributed by atoms with Gasteiger partial charge in [0.05, 0.1) is 22.7 Å². The van der Waals surface area contributed by atoms with Gasteiger partial charge in [0, 0.05) is 24.7 Å². The minimum absolute atomic E-state index is 0.0620. The van der Waals surface area contributed by atoms with Crippen molar-refractivity contribution in [3.05, 3.63) is 89.5 Å². The van der Waals surface area contributed by atoms with E-state index in [2.05, 4.69) is 6.92 Å². The number of carbonyl (C=O) groups excluding carboxylic acids is 4. The molecule has 0 unspecified atom stereocenters. The van der Waals surface area contributed by atoms with E-state index in [0.29, 0.717) is 16.8 Å². The van der Waals surface area contributed by atoms with Crippen LogP contribution in [-0.2, 0) is 16.0 Å². The molecule has 34 heavy (non-hydrogen) atoms. The number of nitrogens with zero attached hydrogens (tertiary/aromatic N) is 2. The largest absolute Gasteiger partial charge is 0.426 e. The highest BCUT2D eigenvalue weighted by molar-refractivity contribution is 6.34. The molecule has 170 valence electrons. The number of esters is 1. The van der Waals surface area contributed by atoms with E-state index in [9.17, 15) is 19.2 Å². The van der Waals surface area contributed by atoms with Gasteiger partial charge in [-0.05, 0) is 48.4 Å². The summed E-state index contributed by atoms with van der Waals surface area (Å²) in [4.78, 5) is 53.5. The smallest absolute Gasteiger partial charge is 0.316 e. The van der Waals surface area contributed by atoms with Gasteiger partial charge in [-0.15, -0.1) is 0 Å². The summed E-state index contributed by atoms with van der Waals surface area (Å²) >= 11 is 0. The van der Waals surface area contributed by atoms with E-state index in [1.54, 1.807) is 47.4 Å². The van der Waals surface area contributed by atoms with Crippen molar-refractivity contribution in [3.8, 4) is 5.75 Å². The van der Waals surface area contributed by atoms with Gasteiger partial charge in [0.2, 0.25) is 5.91 Å². The lowest BCUT2D eigenvalue weighted by atomic mass is 10.1. The Bertz CT molecular complexity index is 1280. The van der Waals surface area contributed by atoms with E-state index in [4.69, 9.17) is 4.74 Å². The Morgan fingerprint density at radius 3 is 2.21 bits per heavy atom. The summed E-state index contributed by atoms with van der Waals surface area (Å²) in [5.41, 5.74) is 2.92. The normalized spacial score (nSPS) is 17.3. The number of imide groups is 1. The minimum atomic E-state index is -0.610. The maximum atomic E-state index is 12.8. The van der Waals surface area contributed by atoms with Crippen LogP contribution in [0.25, 0.3) is 0 Å². The molecule has 0 bridgehead atoms. The zero-order chi connectivity index (χ0) is 23.8. The van der Waals surface area contributed by atoms with Crippen molar-refractivity contribution in [2.24, 2.45) is 5.92 Å². The molecule has 0 radical (unpaired) electrons. The van der Waals surface area contributed by atoms with Gasteiger partial charge in [-0.3, -0.25) is 19.2 Å². The molecule has 2 heterocycles. The van der Waals surface area contributed by atoms with Crippen molar-refractivity contribution in [1.82, 2.24) is 0 Å². The average molecular weight is 454 g/mol. The van der Waals surface area contributed by atoms with Crippen LogP contribution in [0.4, 0.5) is 11.4 Å². The molecule has 0 saturated carbocycles. The van der Waals surface area contributed by atoms with Gasteiger partial charge < -0.3 is 9.64 Å². The number of rotatable bonds is 5. The Balaban J connectivity index is 1.30. The first kappa shape index (κ1) is 21.6. The quantitative estimate of drug-likeness (QED) is 0.330. The number of fused-ring (bicyclic) bond motifs is 1. The summed E-state index contributed by atoms with van der Waals surface area (Å²) in [6.45, 7) is 2.30. The lowest BCUT2D eigenvalue weighted by Crippen LogP contribution is -2.29. The molecule has 2 aliphatic heterocycles. The fourth-order valence-corrected chi connectivity index (χ4v) is 4.34. The third-order valence-electron chi connectivity index (χ3n) is 6.20. The second-order valence-corrected chi connectivity index (χ2v) is 8.34. The first-order chi connectivity index (χ1) is 16.5. The highest BCUT2D eigenvalue weighted by atomic mass is 16.5. The molecule has 3 amide bonds. The van der Waals surface area contributed by atoms with Gasteiger partial charge >= 0.3 is 5.97 Å². The summed E-state index contributed by atoms with van der Waals surface area (Å²) < 4.78 is 5.55. The van der Waals surface area contributed by atoms with Crippen LogP contribution in [0.2, 0.25) is 0 Å². The number of aryl methyl sites for hydroxylation is 1. The van der Waals surface area contributed by atoms with Crippen LogP contribution in [0.1, 0.15) is 39.6 Å². The van der Waals surface area contributed by atoms with Crippen molar-refractivity contribution in [1.29, 1.82) is 0 Å². The van der Waals surface area contributed by atoms with Crippen molar-refractivity contribution < 1.29 is 23.9 Å². The van der Waals surface area contributed by atoms with Gasteiger partial charge in [-0.1, -0.05) is 37.3 Å². The molecule has 0 aromatic heterocycles. The molecule has 1 saturated heterocycles. The molecule has 3 aromatic rings. The minimum Gasteiger partial charge on any atom is -0.426 e. The molecular formula is C27H22N2O5. The first-order valence-corrected chi connectivity index (χ1v) is 11.1. The van der Waals surface area contributed by atoms with Gasteiger partial charge in [0.15, 0.2) is 0 Å². The van der Waals surface area contributed by atoms with Gasteiger partial charge in [0.25, 0.3) is 11.8 Å². The van der Waals surface area contributed by atoms with E-state index in [-0.39, 0.29) is 24.6 Å². The fraction of sp³-hybridized carbons (Fsp3) is 0.185. The fourth-order valence-electron chi connectivity index (χ4n) is 4.34. The molecule has 1 atom stereocenters. The Labute approximate surface area is 196 Å². The third-order valence-corrected chi connectivity index (χ3v) is 6.20. The van der Waals surface area contributed by atoms with E-state index in [0.717, 1.165) is 17.0 Å². The van der Waals surface area contributed by atoms with E-state index >= 15 is 0 Å². The maximum absolute atomic E-state index is 12.8. The van der Waals surface area contributed by atoms with Crippen LogP contribution < -0.4 is 14.5 Å². The molecular weight excluding hydrogens is 432 g/mol. The second kappa shape index (κ2) is 8.59. The van der Waals surface area contributed by atoms with Crippen LogP contribution in [-0.4, -0.2) is 30.2 Å². The van der Waals surface area contributed by atoms with Crippen LogP contribution in [0.5, 0.6) is 5.75 Å². The monoisotopic (exact) mass is 454 g/mol. The van der Waals surface area contributed by atoms with Crippen molar-refractivity contribution >= 4 is 35.1 Å². The summed E-state index contributed by atoms with van der Waals surface area (Å²) in [6, 6.07) is 20.6. The Morgan fingerprint density at radius 1 is 0.882 bits per heavy atom. The number of hydrogen-bond donors (Lipinski definition) is 0. The highest BCUT2D eigenvalue weighted by Gasteiger charge is 2.38. The van der Waals surface area contributed by atoms with Gasteiger partial charge in [-0.25, -0.2) is 4.90 Å². The number of hydrogen-bond acceptors (Lipinski definition) is 5. The van der Waals surface area contributed by atoms with Gasteiger partial charge in [0.1, 0.15) is 5.75 Å². The molecule has 0 aliphatic carbocycles. The molecule has 2 aliphatic rings. The molecule has 1 fully saturated rings. The SMILES string of the molecule is CCc1ccc(N2C[C@@H](C(=O)Oc3cccc(N4C(=O)c5ccccc5C4=O)c3)CC2=O)cc1. The Morgan fingerprint density at radius 2 is 1.56 bits per heavy atom. The standard InChI is InChI=1S/C27H22N2O5/c1-2-17-10-12-19(13-11-17)28-16-18(14-24(28)30)27(33)34-21-7-5-6-20(15-21)29-25(31)22-8-3-4-9-23(22)26(29)32/h3-13,15,18H,2,14,16H2,1H3/t18-/m0/s1. The topological polar surface area (TPSA) is 84.0 Å². The maximum Gasteiger partial charge on any atom is 0.316 e. The zero-order valence-electron chi connectivity index (χ0n) is 18.6. The third kappa shape index (κ3) is 3.75. The summed E-state index contributed by atoms with van der Waals surface area (Å²) in [5.74, 6) is -1.91. The lowest BCUT2D eigenvalue weighted by Gasteiger charge is -2.17. The number of amides is 3. The number of anilines is 2. The summed E-state index contributed by atoms with van der Waals surface area (Å²) in [6.07, 6.45) is 0.968. The van der Waals surface area contributed by atoms with E-state index in [1.807, 2.05) is 24.3 Å². The average Bonchev–Trinajstić information content (AvgIpc) is 3.37. The van der Waals surface area contributed by atoms with Gasteiger partial charge in [-0.2, -0.15) is 0 Å². The van der Waals surface area contributed by atoms with Crippen molar-refractivity contribution in [2.75, 3.05) is 16.3 Å². The first-order valence-electron chi connectivity index (χ1n) is 11.1. The zero-order valence-corrected chi connectivity index (χ0v) is 18.6.